The molecule has 0 spiro atoms. The molecule has 0 bridgehead atoms. The van der Waals surface area contributed by atoms with Crippen LogP contribution in [0.2, 0.25) is 0 Å². The summed E-state index contributed by atoms with van der Waals surface area (Å²) >= 11 is 1.33. The SMILES string of the molecule is COc1ccc(-n2c(SCC(=O)N3CCC(c4ccccc4)=N3)nnc2-c2ccccc2OC)cc1. The first kappa shape index (κ1) is 23.6. The molecule has 0 unspecified atom stereocenters. The lowest BCUT2D eigenvalue weighted by Gasteiger charge is -2.14. The topological polar surface area (TPSA) is 81.8 Å². The Bertz CT molecular complexity index is 1390. The van der Waals surface area contributed by atoms with Gasteiger partial charge in [-0.1, -0.05) is 54.2 Å². The summed E-state index contributed by atoms with van der Waals surface area (Å²) in [6.07, 6.45) is 0.737. The van der Waals surface area contributed by atoms with Crippen molar-refractivity contribution in [3.8, 4) is 28.6 Å². The smallest absolute Gasteiger partial charge is 0.253 e. The number of hydrogen-bond donors (Lipinski definition) is 0. The minimum atomic E-state index is -0.0750. The molecule has 182 valence electrons. The molecular weight excluding hydrogens is 474 g/mol. The number of aromatic nitrogens is 3. The number of benzene rings is 3. The van der Waals surface area contributed by atoms with Crippen LogP contribution in [0.3, 0.4) is 0 Å². The fourth-order valence-corrected chi connectivity index (χ4v) is 4.82. The normalized spacial score (nSPS) is 12.9. The molecule has 0 atom stereocenters. The van der Waals surface area contributed by atoms with Crippen LogP contribution in [-0.4, -0.2) is 57.9 Å². The van der Waals surface area contributed by atoms with E-state index in [0.29, 0.717) is 23.3 Å². The second-order valence-electron chi connectivity index (χ2n) is 8.01. The third-order valence-electron chi connectivity index (χ3n) is 5.83. The van der Waals surface area contributed by atoms with Gasteiger partial charge in [-0.25, -0.2) is 5.01 Å². The molecule has 0 fully saturated rings. The molecule has 8 nitrogen and oxygen atoms in total. The molecule has 0 saturated heterocycles. The summed E-state index contributed by atoms with van der Waals surface area (Å²) < 4.78 is 12.8. The highest BCUT2D eigenvalue weighted by Gasteiger charge is 2.24. The quantitative estimate of drug-likeness (QED) is 0.328. The molecule has 3 aromatic carbocycles. The maximum absolute atomic E-state index is 13.0. The lowest BCUT2D eigenvalue weighted by Crippen LogP contribution is -2.25. The molecule has 9 heteroatoms. The fraction of sp³-hybridized carbons (Fsp3) is 0.185. The molecule has 1 aliphatic heterocycles. The summed E-state index contributed by atoms with van der Waals surface area (Å²) in [4.78, 5) is 13.0. The molecule has 2 heterocycles. The van der Waals surface area contributed by atoms with Crippen molar-refractivity contribution in [2.45, 2.75) is 11.6 Å². The Kier molecular flexibility index (Phi) is 6.99. The molecule has 0 radical (unpaired) electrons. The maximum Gasteiger partial charge on any atom is 0.253 e. The number of carbonyl (C=O) groups is 1. The van der Waals surface area contributed by atoms with Crippen molar-refractivity contribution >= 4 is 23.4 Å². The Morgan fingerprint density at radius 1 is 0.917 bits per heavy atom. The monoisotopic (exact) mass is 499 g/mol. The lowest BCUT2D eigenvalue weighted by molar-refractivity contribution is -0.127. The van der Waals surface area contributed by atoms with E-state index in [2.05, 4.69) is 15.3 Å². The van der Waals surface area contributed by atoms with Gasteiger partial charge in [-0.2, -0.15) is 5.10 Å². The number of hydrazone groups is 1. The van der Waals surface area contributed by atoms with E-state index in [-0.39, 0.29) is 11.7 Å². The van der Waals surface area contributed by atoms with Gasteiger partial charge in [-0.3, -0.25) is 9.36 Å². The molecule has 5 rings (SSSR count). The number of nitrogens with zero attached hydrogens (tertiary/aromatic N) is 5. The molecule has 1 aromatic heterocycles. The van der Waals surface area contributed by atoms with Crippen LogP contribution in [0.1, 0.15) is 12.0 Å². The van der Waals surface area contributed by atoms with Crippen molar-refractivity contribution in [2.24, 2.45) is 5.10 Å². The predicted octanol–water partition coefficient (Wildman–Crippen LogP) is 4.68. The van der Waals surface area contributed by atoms with Crippen LogP contribution in [0.5, 0.6) is 11.5 Å². The average molecular weight is 500 g/mol. The van der Waals surface area contributed by atoms with Gasteiger partial charge in [0.25, 0.3) is 5.91 Å². The second kappa shape index (κ2) is 10.7. The molecule has 0 aliphatic carbocycles. The van der Waals surface area contributed by atoms with Gasteiger partial charge in [-0.05, 0) is 42.0 Å². The molecule has 0 N–H and O–H groups in total. The minimum absolute atomic E-state index is 0.0750. The Balaban J connectivity index is 1.42. The third kappa shape index (κ3) is 4.83. The number of ether oxygens (including phenoxy) is 2. The van der Waals surface area contributed by atoms with Crippen LogP contribution in [0.4, 0.5) is 0 Å². The van der Waals surface area contributed by atoms with Crippen LogP contribution in [-0.2, 0) is 4.79 Å². The predicted molar refractivity (Wildman–Crippen MR) is 140 cm³/mol. The summed E-state index contributed by atoms with van der Waals surface area (Å²) in [6.45, 7) is 0.571. The van der Waals surface area contributed by atoms with Crippen molar-refractivity contribution in [3.63, 3.8) is 0 Å². The molecule has 4 aromatic rings. The van der Waals surface area contributed by atoms with Gasteiger partial charge in [0, 0.05) is 6.42 Å². The first-order chi connectivity index (χ1) is 17.7. The van der Waals surface area contributed by atoms with E-state index in [1.54, 1.807) is 19.2 Å². The van der Waals surface area contributed by atoms with Gasteiger partial charge in [-0.15, -0.1) is 10.2 Å². The number of para-hydroxylation sites is 1. The summed E-state index contributed by atoms with van der Waals surface area (Å²) in [5.74, 6) is 2.17. The molecule has 1 aliphatic rings. The molecule has 1 amide bonds. The Labute approximate surface area is 213 Å². The molecule has 36 heavy (non-hydrogen) atoms. The van der Waals surface area contributed by atoms with Crippen LogP contribution >= 0.6 is 11.8 Å². The summed E-state index contributed by atoms with van der Waals surface area (Å²) in [6, 6.07) is 25.2. The largest absolute Gasteiger partial charge is 0.497 e. The zero-order chi connectivity index (χ0) is 24.9. The van der Waals surface area contributed by atoms with Gasteiger partial charge in [0.1, 0.15) is 11.5 Å². The summed E-state index contributed by atoms with van der Waals surface area (Å²) in [7, 11) is 3.26. The van der Waals surface area contributed by atoms with E-state index < -0.39 is 0 Å². The molecule has 0 saturated carbocycles. The van der Waals surface area contributed by atoms with Gasteiger partial charge in [0.05, 0.1) is 43.5 Å². The summed E-state index contributed by atoms with van der Waals surface area (Å²) in [5.41, 5.74) is 3.62. The number of hydrogen-bond acceptors (Lipinski definition) is 7. The number of rotatable bonds is 8. The highest BCUT2D eigenvalue weighted by molar-refractivity contribution is 7.99. The van der Waals surface area contributed by atoms with E-state index >= 15 is 0 Å². The van der Waals surface area contributed by atoms with Crippen LogP contribution in [0, 0.1) is 0 Å². The third-order valence-corrected chi connectivity index (χ3v) is 6.75. The van der Waals surface area contributed by atoms with Crippen LogP contribution < -0.4 is 9.47 Å². The van der Waals surface area contributed by atoms with Gasteiger partial charge in [0.15, 0.2) is 11.0 Å². The highest BCUT2D eigenvalue weighted by atomic mass is 32.2. The van der Waals surface area contributed by atoms with E-state index in [9.17, 15) is 4.79 Å². The van der Waals surface area contributed by atoms with Gasteiger partial charge >= 0.3 is 0 Å². The number of amides is 1. The minimum Gasteiger partial charge on any atom is -0.497 e. The van der Waals surface area contributed by atoms with E-state index in [1.807, 2.05) is 83.4 Å². The number of methoxy groups -OCH3 is 2. The van der Waals surface area contributed by atoms with E-state index in [0.717, 1.165) is 34.7 Å². The Morgan fingerprint density at radius 3 is 2.42 bits per heavy atom. The highest BCUT2D eigenvalue weighted by Crippen LogP contribution is 2.33. The number of carbonyl (C=O) groups excluding carboxylic acids is 1. The Morgan fingerprint density at radius 2 is 1.67 bits per heavy atom. The zero-order valence-corrected chi connectivity index (χ0v) is 20.8. The summed E-state index contributed by atoms with van der Waals surface area (Å²) in [5, 5.41) is 15.6. The van der Waals surface area contributed by atoms with Crippen LogP contribution in [0.15, 0.2) is 89.1 Å². The van der Waals surface area contributed by atoms with Gasteiger partial charge in [0.2, 0.25) is 0 Å². The van der Waals surface area contributed by atoms with Crippen molar-refractivity contribution in [2.75, 3.05) is 26.5 Å². The van der Waals surface area contributed by atoms with Crippen molar-refractivity contribution in [1.82, 2.24) is 19.8 Å². The zero-order valence-electron chi connectivity index (χ0n) is 20.0. The fourth-order valence-electron chi connectivity index (χ4n) is 4.00. The van der Waals surface area contributed by atoms with E-state index in [4.69, 9.17) is 9.47 Å². The van der Waals surface area contributed by atoms with Crippen molar-refractivity contribution in [3.05, 3.63) is 84.4 Å². The van der Waals surface area contributed by atoms with Gasteiger partial charge < -0.3 is 9.47 Å². The first-order valence-electron chi connectivity index (χ1n) is 11.5. The first-order valence-corrected chi connectivity index (χ1v) is 12.5. The van der Waals surface area contributed by atoms with Crippen molar-refractivity contribution in [1.29, 1.82) is 0 Å². The van der Waals surface area contributed by atoms with Crippen LogP contribution in [0.25, 0.3) is 17.1 Å². The standard InChI is InChI=1S/C27H25N5O3S/c1-34-21-14-12-20(13-15-21)32-26(22-10-6-7-11-24(22)35-2)28-29-27(32)36-18-25(33)31-17-16-23(30-31)19-8-4-3-5-9-19/h3-15H,16-18H2,1-2H3. The molecular formula is C27H25N5O3S. The average Bonchev–Trinajstić information content (AvgIpc) is 3.60. The van der Waals surface area contributed by atoms with E-state index in [1.165, 1.54) is 11.8 Å². The Hall–Kier alpha value is -4.11. The second-order valence-corrected chi connectivity index (χ2v) is 8.95. The maximum atomic E-state index is 13.0. The number of thioether (sulfide) groups is 1. The lowest BCUT2D eigenvalue weighted by atomic mass is 10.1. The van der Waals surface area contributed by atoms with Crippen molar-refractivity contribution < 1.29 is 14.3 Å².